The van der Waals surface area contributed by atoms with Gasteiger partial charge in [0, 0.05) is 19.1 Å². The van der Waals surface area contributed by atoms with Gasteiger partial charge >= 0.3 is 13.1 Å². The van der Waals surface area contributed by atoms with Crippen LogP contribution in [-0.2, 0) is 20.5 Å². The maximum atomic E-state index is 13.1. The smallest absolute Gasteiger partial charge is 0.404 e. The topological polar surface area (TPSA) is 79.9 Å². The number of urea groups is 1. The molecule has 36 heavy (non-hydrogen) atoms. The molecule has 0 unspecified atom stereocenters. The molecule has 3 amide bonds. The van der Waals surface area contributed by atoms with E-state index in [0.717, 1.165) is 31.2 Å². The Balaban J connectivity index is 1.26. The van der Waals surface area contributed by atoms with Gasteiger partial charge in [-0.3, -0.25) is 4.79 Å². The van der Waals surface area contributed by atoms with E-state index >= 15 is 0 Å². The number of benzene rings is 1. The summed E-state index contributed by atoms with van der Waals surface area (Å²) in [7, 11) is -0.505. The van der Waals surface area contributed by atoms with E-state index in [1.54, 1.807) is 0 Å². The van der Waals surface area contributed by atoms with Crippen LogP contribution < -0.4 is 10.6 Å². The fourth-order valence-electron chi connectivity index (χ4n) is 7.20. The van der Waals surface area contributed by atoms with Gasteiger partial charge in [0.15, 0.2) is 0 Å². The summed E-state index contributed by atoms with van der Waals surface area (Å²) in [5, 5.41) is 6.17. The minimum absolute atomic E-state index is 0.0163. The number of nitrogens with zero attached hydrogens (tertiary/aromatic N) is 1. The number of likely N-dealkylation sites (tertiary alicyclic amines) is 1. The van der Waals surface area contributed by atoms with Crippen molar-refractivity contribution in [2.24, 2.45) is 17.3 Å². The molecule has 8 heteroatoms. The lowest BCUT2D eigenvalue weighted by Gasteiger charge is -2.64. The first kappa shape index (κ1) is 25.3. The predicted molar refractivity (Wildman–Crippen MR) is 140 cm³/mol. The molecule has 5 aliphatic rings. The molecular formula is C28H40BN3O4. The molecule has 5 fully saturated rings. The van der Waals surface area contributed by atoms with Crippen LogP contribution in [0.4, 0.5) is 4.79 Å². The maximum absolute atomic E-state index is 13.1. The Kier molecular flexibility index (Phi) is 6.94. The summed E-state index contributed by atoms with van der Waals surface area (Å²) >= 11 is 0. The molecule has 1 aromatic carbocycles. The summed E-state index contributed by atoms with van der Waals surface area (Å²) in [5.74, 6) is 0.731. The molecule has 2 aliphatic heterocycles. The van der Waals surface area contributed by atoms with Gasteiger partial charge in [-0.15, -0.1) is 0 Å². The number of carbonyl (C=O) groups is 2. The van der Waals surface area contributed by atoms with E-state index in [1.807, 2.05) is 23.1 Å². The van der Waals surface area contributed by atoms with Gasteiger partial charge in [-0.1, -0.05) is 50.8 Å². The summed E-state index contributed by atoms with van der Waals surface area (Å²) in [6, 6.07) is 9.87. The van der Waals surface area contributed by atoms with Crippen LogP contribution in [0.25, 0.3) is 0 Å². The van der Waals surface area contributed by atoms with Crippen LogP contribution in [0.5, 0.6) is 0 Å². The maximum Gasteiger partial charge on any atom is 0.482 e. The first-order valence-corrected chi connectivity index (χ1v) is 13.6. The van der Waals surface area contributed by atoms with Crippen molar-refractivity contribution in [3.05, 3.63) is 48.6 Å². The SMILES string of the molecule is C=CC(=O)N1CCCC[C@H]1CNC(=O)N[C@@H](Cc1ccccc1)B1O[C@@H]2C[C@@H]3C[C@@H](C3(C)C)[C@]2(C)O1. The number of amides is 3. The van der Waals surface area contributed by atoms with Crippen LogP contribution in [0.15, 0.2) is 43.0 Å². The summed E-state index contributed by atoms with van der Waals surface area (Å²) in [6.45, 7) is 11.6. The highest BCUT2D eigenvalue weighted by Gasteiger charge is 2.68. The zero-order valence-electron chi connectivity index (χ0n) is 21.9. The van der Waals surface area contributed by atoms with E-state index in [1.165, 1.54) is 12.5 Å². The molecule has 1 aromatic rings. The molecule has 0 radical (unpaired) electrons. The van der Waals surface area contributed by atoms with Gasteiger partial charge < -0.3 is 24.8 Å². The van der Waals surface area contributed by atoms with E-state index in [2.05, 4.69) is 50.1 Å². The van der Waals surface area contributed by atoms with E-state index in [4.69, 9.17) is 9.31 Å². The van der Waals surface area contributed by atoms with Crippen molar-refractivity contribution in [3.8, 4) is 0 Å². The van der Waals surface area contributed by atoms with E-state index in [0.29, 0.717) is 31.3 Å². The molecule has 6 rings (SSSR count). The molecular weight excluding hydrogens is 453 g/mol. The quantitative estimate of drug-likeness (QED) is 0.448. The van der Waals surface area contributed by atoms with Crippen molar-refractivity contribution in [2.75, 3.05) is 13.1 Å². The Bertz CT molecular complexity index is 988. The summed E-state index contributed by atoms with van der Waals surface area (Å²) in [5.41, 5.74) is 1.05. The summed E-state index contributed by atoms with van der Waals surface area (Å²) < 4.78 is 13.2. The fourth-order valence-corrected chi connectivity index (χ4v) is 7.20. The molecule has 0 aromatic heterocycles. The molecule has 7 nitrogen and oxygen atoms in total. The first-order valence-electron chi connectivity index (χ1n) is 13.6. The Hall–Kier alpha value is -2.32. The van der Waals surface area contributed by atoms with Crippen molar-refractivity contribution in [1.82, 2.24) is 15.5 Å². The lowest BCUT2D eigenvalue weighted by Crippen LogP contribution is -2.65. The average molecular weight is 493 g/mol. The Morgan fingerprint density at radius 2 is 2.00 bits per heavy atom. The standard InChI is InChI=1S/C28H40BN3O4/c1-5-25(33)32-14-10-9-13-21(32)18-30-26(34)31-24(15-19-11-7-6-8-12-19)29-35-23-17-20-16-22(27(20,2)3)28(23,4)36-29/h5-8,11-12,20-24H,1,9-10,13-18H2,2-4H3,(H2,30,31,34)/t20-,21-,22-,23+,24-,28-/m0/s1. The fraction of sp³-hybridized carbons (Fsp3) is 0.643. The number of carbonyl (C=O) groups excluding carboxylic acids is 2. The largest absolute Gasteiger partial charge is 0.482 e. The van der Waals surface area contributed by atoms with Gasteiger partial charge in [0.25, 0.3) is 0 Å². The van der Waals surface area contributed by atoms with Crippen LogP contribution >= 0.6 is 0 Å². The minimum Gasteiger partial charge on any atom is -0.404 e. The van der Waals surface area contributed by atoms with Gasteiger partial charge in [0.05, 0.1) is 17.6 Å². The van der Waals surface area contributed by atoms with Gasteiger partial charge in [0.1, 0.15) is 0 Å². The summed E-state index contributed by atoms with van der Waals surface area (Å²) in [6.07, 6.45) is 7.14. The van der Waals surface area contributed by atoms with Crippen LogP contribution in [0.2, 0.25) is 0 Å². The highest BCUT2D eigenvalue weighted by Crippen LogP contribution is 2.65. The van der Waals surface area contributed by atoms with Gasteiger partial charge in [-0.25, -0.2) is 4.79 Å². The Morgan fingerprint density at radius 1 is 1.22 bits per heavy atom. The zero-order valence-corrected chi connectivity index (χ0v) is 21.9. The highest BCUT2D eigenvalue weighted by atomic mass is 16.7. The molecule has 2 saturated heterocycles. The van der Waals surface area contributed by atoms with Crippen LogP contribution in [0, 0.1) is 17.3 Å². The first-order chi connectivity index (χ1) is 17.2. The second kappa shape index (κ2) is 9.86. The summed E-state index contributed by atoms with van der Waals surface area (Å²) in [4.78, 5) is 27.2. The van der Waals surface area contributed by atoms with E-state index in [9.17, 15) is 9.59 Å². The monoisotopic (exact) mass is 493 g/mol. The second-order valence-electron chi connectivity index (χ2n) is 11.9. The third kappa shape index (κ3) is 4.58. The molecule has 2 heterocycles. The number of nitrogens with one attached hydrogen (secondary N) is 2. The van der Waals surface area contributed by atoms with E-state index in [-0.39, 0.29) is 41.0 Å². The molecule has 2 bridgehead atoms. The Morgan fingerprint density at radius 3 is 2.72 bits per heavy atom. The number of hydrogen-bond acceptors (Lipinski definition) is 4. The molecule has 194 valence electrons. The Labute approximate surface area is 215 Å². The molecule has 3 aliphatic carbocycles. The van der Waals surface area contributed by atoms with Gasteiger partial charge in [-0.05, 0) is 74.3 Å². The molecule has 6 atom stereocenters. The number of rotatable bonds is 7. The van der Waals surface area contributed by atoms with Crippen molar-refractivity contribution in [1.29, 1.82) is 0 Å². The second-order valence-corrected chi connectivity index (χ2v) is 11.9. The number of hydrogen-bond donors (Lipinski definition) is 2. The predicted octanol–water partition coefficient (Wildman–Crippen LogP) is 3.73. The van der Waals surface area contributed by atoms with Crippen molar-refractivity contribution in [3.63, 3.8) is 0 Å². The van der Waals surface area contributed by atoms with Gasteiger partial charge in [0.2, 0.25) is 5.91 Å². The third-order valence-electron chi connectivity index (χ3n) is 9.50. The van der Waals surface area contributed by atoms with Crippen LogP contribution in [0.1, 0.15) is 58.4 Å². The zero-order chi connectivity index (χ0) is 25.5. The van der Waals surface area contributed by atoms with Crippen molar-refractivity contribution >= 4 is 19.1 Å². The highest BCUT2D eigenvalue weighted by molar-refractivity contribution is 6.48. The normalized spacial score (nSPS) is 33.2. The molecule has 0 spiro atoms. The van der Waals surface area contributed by atoms with Crippen molar-refractivity contribution < 1.29 is 18.9 Å². The minimum atomic E-state index is -0.505. The van der Waals surface area contributed by atoms with Gasteiger partial charge in [-0.2, -0.15) is 0 Å². The van der Waals surface area contributed by atoms with Crippen molar-refractivity contribution in [2.45, 2.75) is 83.0 Å². The van der Waals surface area contributed by atoms with E-state index < -0.39 is 7.12 Å². The number of piperidine rings is 1. The molecule has 3 saturated carbocycles. The third-order valence-corrected chi connectivity index (χ3v) is 9.50. The lowest BCUT2D eigenvalue weighted by atomic mass is 9.43. The average Bonchev–Trinajstić information content (AvgIpc) is 3.24. The van der Waals surface area contributed by atoms with Crippen LogP contribution in [-0.4, -0.2) is 60.7 Å². The lowest BCUT2D eigenvalue weighted by molar-refractivity contribution is -0.199. The van der Waals surface area contributed by atoms with Crippen LogP contribution in [0.3, 0.4) is 0 Å². The molecule has 2 N–H and O–H groups in total.